The smallest absolute Gasteiger partial charge is 0.265 e. The third-order valence-corrected chi connectivity index (χ3v) is 6.20. The summed E-state index contributed by atoms with van der Waals surface area (Å²) in [5.74, 6) is -2.00. The van der Waals surface area contributed by atoms with Crippen LogP contribution < -0.4 is 16.2 Å². The molecule has 4 aromatic rings. The molecule has 0 fully saturated rings. The average Bonchev–Trinajstić information content (AvgIpc) is 3.24. The Morgan fingerprint density at radius 3 is 2.47 bits per heavy atom. The topological polar surface area (TPSA) is 130 Å². The van der Waals surface area contributed by atoms with E-state index in [0.29, 0.717) is 11.1 Å². The standard InChI is InChI=1S/C22H18F2N5O4P/c1-34(32,33)17-4-2-3-14(9-17)19(13-5-7-15(23)8-6-13)27-20(30)18-11-25-22(28-21(18)31)29-12-16(24)10-26-29/h2-12,19H,1H3,(H,27,30)(H,32,33)(H,25,28,31)/t19-/m1/s1. The molecule has 2 heterocycles. The summed E-state index contributed by atoms with van der Waals surface area (Å²) in [6.07, 6.45) is 2.96. The van der Waals surface area contributed by atoms with E-state index in [4.69, 9.17) is 0 Å². The number of amides is 1. The molecular weight excluding hydrogens is 467 g/mol. The summed E-state index contributed by atoms with van der Waals surface area (Å²) in [7, 11) is -3.59. The Morgan fingerprint density at radius 1 is 1.12 bits per heavy atom. The largest absolute Gasteiger partial charge is 0.341 e. The molecule has 34 heavy (non-hydrogen) atoms. The average molecular weight is 485 g/mol. The highest BCUT2D eigenvalue weighted by molar-refractivity contribution is 7.65. The van der Waals surface area contributed by atoms with Gasteiger partial charge in [-0.1, -0.05) is 24.3 Å². The maximum absolute atomic E-state index is 13.5. The lowest BCUT2D eigenvalue weighted by atomic mass is 9.98. The van der Waals surface area contributed by atoms with Crippen molar-refractivity contribution < 1.29 is 23.0 Å². The summed E-state index contributed by atoms with van der Waals surface area (Å²) in [4.78, 5) is 41.8. The van der Waals surface area contributed by atoms with Gasteiger partial charge in [0.15, 0.2) is 5.82 Å². The van der Waals surface area contributed by atoms with Crippen LogP contribution in [-0.2, 0) is 4.57 Å². The monoisotopic (exact) mass is 485 g/mol. The lowest BCUT2D eigenvalue weighted by Gasteiger charge is -2.21. The van der Waals surface area contributed by atoms with Crippen LogP contribution in [0.25, 0.3) is 5.95 Å². The van der Waals surface area contributed by atoms with Crippen LogP contribution >= 0.6 is 7.37 Å². The van der Waals surface area contributed by atoms with E-state index in [1.807, 2.05) is 0 Å². The number of carbonyl (C=O) groups excluding carboxylic acids is 1. The number of hydrogen-bond donors (Lipinski definition) is 3. The van der Waals surface area contributed by atoms with E-state index >= 15 is 0 Å². The Labute approximate surface area is 191 Å². The Balaban J connectivity index is 1.69. The van der Waals surface area contributed by atoms with Crippen LogP contribution in [0.2, 0.25) is 0 Å². The summed E-state index contributed by atoms with van der Waals surface area (Å²) in [5, 5.41) is 6.56. The minimum absolute atomic E-state index is 0.0881. The number of aromatic amines is 1. The van der Waals surface area contributed by atoms with Crippen LogP contribution in [0, 0.1) is 11.6 Å². The Hall–Kier alpha value is -3.95. The molecule has 2 aromatic heterocycles. The third kappa shape index (κ3) is 5.00. The Bertz CT molecular complexity index is 1460. The highest BCUT2D eigenvalue weighted by Crippen LogP contribution is 2.35. The van der Waals surface area contributed by atoms with Crippen molar-refractivity contribution in [3.63, 3.8) is 0 Å². The molecule has 0 aliphatic carbocycles. The normalized spacial score (nSPS) is 13.8. The van der Waals surface area contributed by atoms with Gasteiger partial charge in [-0.2, -0.15) is 5.10 Å². The van der Waals surface area contributed by atoms with Crippen molar-refractivity contribution in [1.29, 1.82) is 0 Å². The second kappa shape index (κ2) is 9.12. The van der Waals surface area contributed by atoms with Crippen LogP contribution in [0.5, 0.6) is 0 Å². The predicted octanol–water partition coefficient (Wildman–Crippen LogP) is 2.28. The molecule has 3 N–H and O–H groups in total. The first-order chi connectivity index (χ1) is 16.1. The molecule has 0 bridgehead atoms. The second-order valence-electron chi connectivity index (χ2n) is 7.48. The zero-order valence-corrected chi connectivity index (χ0v) is 18.5. The number of halogens is 2. The lowest BCUT2D eigenvalue weighted by molar-refractivity contribution is 0.0941. The van der Waals surface area contributed by atoms with Gasteiger partial charge in [-0.25, -0.2) is 18.4 Å². The molecule has 0 saturated heterocycles. The molecule has 0 spiro atoms. The highest BCUT2D eigenvalue weighted by Gasteiger charge is 2.23. The number of hydrogen-bond acceptors (Lipinski definition) is 5. The van der Waals surface area contributed by atoms with Gasteiger partial charge in [-0.05, 0) is 35.4 Å². The van der Waals surface area contributed by atoms with Crippen LogP contribution in [-0.4, -0.2) is 37.2 Å². The van der Waals surface area contributed by atoms with Crippen molar-refractivity contribution in [2.24, 2.45) is 0 Å². The minimum atomic E-state index is -3.59. The fourth-order valence-corrected chi connectivity index (χ4v) is 4.02. The van der Waals surface area contributed by atoms with E-state index in [-0.39, 0.29) is 16.8 Å². The highest BCUT2D eigenvalue weighted by atomic mass is 31.2. The molecule has 2 atom stereocenters. The molecule has 0 aliphatic rings. The van der Waals surface area contributed by atoms with E-state index in [0.717, 1.165) is 23.3 Å². The van der Waals surface area contributed by atoms with Crippen molar-refractivity contribution >= 4 is 18.6 Å². The molecular formula is C22H18F2N5O4P. The Kier molecular flexibility index (Phi) is 6.23. The van der Waals surface area contributed by atoms with Crippen molar-refractivity contribution in [3.05, 3.63) is 106 Å². The molecule has 1 amide bonds. The van der Waals surface area contributed by atoms with Gasteiger partial charge in [-0.3, -0.25) is 19.1 Å². The first-order valence-electron chi connectivity index (χ1n) is 9.89. The number of carbonyl (C=O) groups is 1. The molecule has 1 unspecified atom stereocenters. The van der Waals surface area contributed by atoms with Gasteiger partial charge in [0, 0.05) is 18.2 Å². The maximum Gasteiger partial charge on any atom is 0.265 e. The second-order valence-corrected chi connectivity index (χ2v) is 9.76. The zero-order valence-electron chi connectivity index (χ0n) is 17.6. The number of benzene rings is 2. The van der Waals surface area contributed by atoms with Crippen molar-refractivity contribution in [2.75, 3.05) is 6.66 Å². The van der Waals surface area contributed by atoms with E-state index in [1.165, 1.54) is 43.1 Å². The quantitative estimate of drug-likeness (QED) is 0.360. The van der Waals surface area contributed by atoms with Gasteiger partial charge >= 0.3 is 0 Å². The fourth-order valence-electron chi connectivity index (χ4n) is 3.27. The van der Waals surface area contributed by atoms with E-state index in [2.05, 4.69) is 20.4 Å². The number of H-pyrrole nitrogens is 1. The molecule has 174 valence electrons. The Morgan fingerprint density at radius 2 is 1.85 bits per heavy atom. The summed E-state index contributed by atoms with van der Waals surface area (Å²) in [6, 6.07) is 10.6. The number of nitrogens with one attached hydrogen (secondary N) is 2. The molecule has 0 aliphatic heterocycles. The van der Waals surface area contributed by atoms with Gasteiger partial charge in [0.25, 0.3) is 11.5 Å². The molecule has 4 rings (SSSR count). The minimum Gasteiger partial charge on any atom is -0.341 e. The third-order valence-electron chi connectivity index (χ3n) is 4.96. The van der Waals surface area contributed by atoms with Crippen LogP contribution in [0.15, 0.2) is 71.9 Å². The lowest BCUT2D eigenvalue weighted by Crippen LogP contribution is -2.34. The zero-order chi connectivity index (χ0) is 24.5. The molecule has 9 nitrogen and oxygen atoms in total. The number of nitrogens with zero attached hydrogens (tertiary/aromatic N) is 3. The van der Waals surface area contributed by atoms with Gasteiger partial charge < -0.3 is 10.2 Å². The van der Waals surface area contributed by atoms with Crippen LogP contribution in [0.3, 0.4) is 0 Å². The van der Waals surface area contributed by atoms with E-state index < -0.39 is 36.5 Å². The maximum atomic E-state index is 13.5. The first-order valence-corrected chi connectivity index (χ1v) is 12.0. The van der Waals surface area contributed by atoms with E-state index in [1.54, 1.807) is 12.1 Å². The van der Waals surface area contributed by atoms with Crippen molar-refractivity contribution in [2.45, 2.75) is 6.04 Å². The number of rotatable bonds is 6. The van der Waals surface area contributed by atoms with Crippen molar-refractivity contribution in [3.8, 4) is 5.95 Å². The molecule has 12 heteroatoms. The van der Waals surface area contributed by atoms with Gasteiger partial charge in [0.1, 0.15) is 11.4 Å². The molecule has 0 saturated carbocycles. The van der Waals surface area contributed by atoms with Crippen LogP contribution in [0.1, 0.15) is 27.5 Å². The SMILES string of the molecule is CP(=O)(O)c1cccc([C@H](NC(=O)c2cnc(-n3cc(F)cn3)[nH]c2=O)c2ccc(F)cc2)c1. The van der Waals surface area contributed by atoms with Gasteiger partial charge in [0.2, 0.25) is 13.3 Å². The molecule has 0 radical (unpaired) electrons. The summed E-state index contributed by atoms with van der Waals surface area (Å²) >= 11 is 0. The summed E-state index contributed by atoms with van der Waals surface area (Å²) in [5.41, 5.74) is -0.202. The van der Waals surface area contributed by atoms with Crippen molar-refractivity contribution in [1.82, 2.24) is 25.1 Å². The fraction of sp³-hybridized carbons (Fsp3) is 0.0909. The summed E-state index contributed by atoms with van der Waals surface area (Å²) in [6.45, 7) is 1.19. The first kappa shape index (κ1) is 23.2. The van der Waals surface area contributed by atoms with E-state index in [9.17, 15) is 27.8 Å². The molecule has 2 aromatic carbocycles. The van der Waals surface area contributed by atoms with Gasteiger partial charge in [-0.15, -0.1) is 0 Å². The number of aromatic nitrogens is 4. The summed E-state index contributed by atoms with van der Waals surface area (Å²) < 4.78 is 39.8. The van der Waals surface area contributed by atoms with Gasteiger partial charge in [0.05, 0.1) is 18.4 Å². The predicted molar refractivity (Wildman–Crippen MR) is 119 cm³/mol. The van der Waals surface area contributed by atoms with Crippen LogP contribution in [0.4, 0.5) is 8.78 Å².